The summed E-state index contributed by atoms with van der Waals surface area (Å²) < 4.78 is 5.35. The molecule has 0 saturated heterocycles. The summed E-state index contributed by atoms with van der Waals surface area (Å²) in [6.07, 6.45) is -0.582. The summed E-state index contributed by atoms with van der Waals surface area (Å²) in [7, 11) is 1.64. The molecule has 1 aliphatic heterocycles. The highest BCUT2D eigenvalue weighted by Gasteiger charge is 2.29. The number of amides is 1. The van der Waals surface area contributed by atoms with Gasteiger partial charge in [-0.05, 0) is 25.1 Å². The smallest absolute Gasteiger partial charge is 0.335 e. The first kappa shape index (κ1) is 10.5. The zero-order valence-electron chi connectivity index (χ0n) is 8.93. The molecule has 1 amide bonds. The molecule has 0 aliphatic carbocycles. The topological polar surface area (TPSA) is 66.8 Å². The van der Waals surface area contributed by atoms with E-state index in [-0.39, 0.29) is 11.5 Å². The number of fused-ring (bicyclic) bond motifs is 1. The molecule has 0 bridgehead atoms. The van der Waals surface area contributed by atoms with Crippen LogP contribution in [-0.4, -0.2) is 30.1 Å². The van der Waals surface area contributed by atoms with Crippen LogP contribution < -0.4 is 9.64 Å². The molecule has 5 nitrogen and oxygen atoms in total. The molecular weight excluding hydrogens is 210 g/mol. The van der Waals surface area contributed by atoms with E-state index >= 15 is 0 Å². The standard InChI is InChI=1S/C11H11NO4/c1-6-10(13)12(2)8-4-3-7(11(14)15)5-9(8)16-6/h3-6H,1-2H3,(H,14,15)/t6-/m1/s1. The Morgan fingerprint density at radius 3 is 2.81 bits per heavy atom. The zero-order valence-corrected chi connectivity index (χ0v) is 8.93. The molecule has 1 heterocycles. The lowest BCUT2D eigenvalue weighted by atomic mass is 10.1. The number of carbonyl (C=O) groups is 2. The zero-order chi connectivity index (χ0) is 11.9. The van der Waals surface area contributed by atoms with Crippen molar-refractivity contribution in [3.05, 3.63) is 23.8 Å². The molecule has 0 radical (unpaired) electrons. The second-order valence-electron chi connectivity index (χ2n) is 3.64. The van der Waals surface area contributed by atoms with Crippen molar-refractivity contribution in [1.82, 2.24) is 0 Å². The van der Waals surface area contributed by atoms with E-state index in [1.165, 1.54) is 17.0 Å². The lowest BCUT2D eigenvalue weighted by Gasteiger charge is -2.30. The number of rotatable bonds is 1. The fourth-order valence-corrected chi connectivity index (χ4v) is 1.65. The van der Waals surface area contributed by atoms with Gasteiger partial charge in [0.2, 0.25) is 0 Å². The van der Waals surface area contributed by atoms with Crippen LogP contribution in [-0.2, 0) is 4.79 Å². The number of anilines is 1. The maximum atomic E-state index is 11.6. The number of carboxylic acid groups (broad SMARTS) is 1. The average molecular weight is 221 g/mol. The van der Waals surface area contributed by atoms with Gasteiger partial charge in [-0.25, -0.2) is 4.79 Å². The molecule has 5 heteroatoms. The average Bonchev–Trinajstić information content (AvgIpc) is 2.25. The first-order chi connectivity index (χ1) is 7.50. The Bertz CT molecular complexity index is 469. The van der Waals surface area contributed by atoms with E-state index < -0.39 is 12.1 Å². The van der Waals surface area contributed by atoms with Gasteiger partial charge in [-0.15, -0.1) is 0 Å². The lowest BCUT2D eigenvalue weighted by Crippen LogP contribution is -2.42. The van der Waals surface area contributed by atoms with E-state index in [0.717, 1.165) is 0 Å². The maximum Gasteiger partial charge on any atom is 0.335 e. The van der Waals surface area contributed by atoms with Gasteiger partial charge >= 0.3 is 5.97 Å². The fourth-order valence-electron chi connectivity index (χ4n) is 1.65. The van der Waals surface area contributed by atoms with Crippen molar-refractivity contribution in [1.29, 1.82) is 0 Å². The lowest BCUT2D eigenvalue weighted by molar-refractivity contribution is -0.125. The van der Waals surface area contributed by atoms with Crippen molar-refractivity contribution in [3.63, 3.8) is 0 Å². The van der Waals surface area contributed by atoms with Crippen LogP contribution in [0.5, 0.6) is 5.75 Å². The van der Waals surface area contributed by atoms with E-state index in [0.29, 0.717) is 11.4 Å². The van der Waals surface area contributed by atoms with Crippen LogP contribution in [0.15, 0.2) is 18.2 Å². The van der Waals surface area contributed by atoms with Crippen molar-refractivity contribution in [2.75, 3.05) is 11.9 Å². The van der Waals surface area contributed by atoms with Gasteiger partial charge in [0, 0.05) is 7.05 Å². The Morgan fingerprint density at radius 2 is 2.19 bits per heavy atom. The van der Waals surface area contributed by atoms with Crippen molar-refractivity contribution < 1.29 is 19.4 Å². The third-order valence-electron chi connectivity index (χ3n) is 2.55. The number of hydrogen-bond donors (Lipinski definition) is 1. The van der Waals surface area contributed by atoms with Crippen LogP contribution in [0.2, 0.25) is 0 Å². The van der Waals surface area contributed by atoms with E-state index in [2.05, 4.69) is 0 Å². The van der Waals surface area contributed by atoms with Gasteiger partial charge in [-0.2, -0.15) is 0 Å². The largest absolute Gasteiger partial charge is 0.479 e. The SMILES string of the molecule is C[C@H]1Oc2cc(C(=O)O)ccc2N(C)C1=O. The number of carboxylic acids is 1. The Labute approximate surface area is 92.2 Å². The monoisotopic (exact) mass is 221 g/mol. The first-order valence-electron chi connectivity index (χ1n) is 4.82. The van der Waals surface area contributed by atoms with Gasteiger partial charge in [0.05, 0.1) is 11.3 Å². The molecule has 0 saturated carbocycles. The third kappa shape index (κ3) is 1.50. The van der Waals surface area contributed by atoms with Gasteiger partial charge < -0.3 is 14.7 Å². The number of likely N-dealkylation sites (N-methyl/N-ethyl adjacent to an activating group) is 1. The molecule has 2 rings (SSSR count). The molecule has 0 unspecified atom stereocenters. The van der Waals surface area contributed by atoms with E-state index in [9.17, 15) is 9.59 Å². The molecule has 1 aromatic carbocycles. The van der Waals surface area contributed by atoms with Gasteiger partial charge in [0.25, 0.3) is 5.91 Å². The predicted molar refractivity (Wildman–Crippen MR) is 56.9 cm³/mol. The minimum atomic E-state index is -1.02. The molecule has 1 N–H and O–H groups in total. The quantitative estimate of drug-likeness (QED) is 0.771. The Kier molecular flexibility index (Phi) is 2.30. The van der Waals surface area contributed by atoms with Crippen molar-refractivity contribution in [3.8, 4) is 5.75 Å². The Hall–Kier alpha value is -2.04. The van der Waals surface area contributed by atoms with Crippen molar-refractivity contribution in [2.45, 2.75) is 13.0 Å². The molecular formula is C11H11NO4. The van der Waals surface area contributed by atoms with Crippen molar-refractivity contribution >= 4 is 17.6 Å². The highest BCUT2D eigenvalue weighted by molar-refractivity contribution is 6.00. The van der Waals surface area contributed by atoms with E-state index in [1.54, 1.807) is 20.0 Å². The van der Waals surface area contributed by atoms with Crippen LogP contribution >= 0.6 is 0 Å². The maximum absolute atomic E-state index is 11.6. The second kappa shape index (κ2) is 3.52. The summed E-state index contributed by atoms with van der Waals surface area (Å²) in [6, 6.07) is 4.45. The second-order valence-corrected chi connectivity index (χ2v) is 3.64. The number of benzene rings is 1. The van der Waals surface area contributed by atoms with Gasteiger partial charge in [-0.3, -0.25) is 4.79 Å². The number of ether oxygens (including phenoxy) is 1. The highest BCUT2D eigenvalue weighted by atomic mass is 16.5. The molecule has 16 heavy (non-hydrogen) atoms. The van der Waals surface area contributed by atoms with Crippen molar-refractivity contribution in [2.24, 2.45) is 0 Å². The molecule has 1 aromatic rings. The number of nitrogens with zero attached hydrogens (tertiary/aromatic N) is 1. The van der Waals surface area contributed by atoms with Crippen LogP contribution in [0, 0.1) is 0 Å². The summed E-state index contributed by atoms with van der Waals surface area (Å²) in [5, 5.41) is 8.83. The van der Waals surface area contributed by atoms with Crippen LogP contribution in [0.25, 0.3) is 0 Å². The van der Waals surface area contributed by atoms with Crippen LogP contribution in [0.3, 0.4) is 0 Å². The first-order valence-corrected chi connectivity index (χ1v) is 4.82. The molecule has 0 fully saturated rings. The molecule has 0 spiro atoms. The van der Waals surface area contributed by atoms with E-state index in [4.69, 9.17) is 9.84 Å². The minimum Gasteiger partial charge on any atom is -0.479 e. The predicted octanol–water partition coefficient (Wildman–Crippen LogP) is 1.13. The van der Waals surface area contributed by atoms with E-state index in [1.807, 2.05) is 0 Å². The molecule has 0 aromatic heterocycles. The number of carbonyl (C=O) groups excluding carboxylic acids is 1. The third-order valence-corrected chi connectivity index (χ3v) is 2.55. The van der Waals surface area contributed by atoms with Gasteiger partial charge in [0.15, 0.2) is 6.10 Å². The summed E-state index contributed by atoms with van der Waals surface area (Å²) in [4.78, 5) is 23.8. The van der Waals surface area contributed by atoms with Gasteiger partial charge in [-0.1, -0.05) is 0 Å². The normalized spacial score (nSPS) is 19.0. The molecule has 84 valence electrons. The number of hydrogen-bond acceptors (Lipinski definition) is 3. The molecule has 1 atom stereocenters. The fraction of sp³-hybridized carbons (Fsp3) is 0.273. The summed E-state index contributed by atoms with van der Waals surface area (Å²) in [6.45, 7) is 1.63. The number of aromatic carboxylic acids is 1. The van der Waals surface area contributed by atoms with Crippen LogP contribution in [0.4, 0.5) is 5.69 Å². The molecule has 1 aliphatic rings. The highest BCUT2D eigenvalue weighted by Crippen LogP contribution is 2.33. The van der Waals surface area contributed by atoms with Crippen LogP contribution in [0.1, 0.15) is 17.3 Å². The summed E-state index contributed by atoms with van der Waals surface area (Å²) in [5.74, 6) is -0.733. The Balaban J connectivity index is 2.49. The van der Waals surface area contributed by atoms with Gasteiger partial charge in [0.1, 0.15) is 5.75 Å². The summed E-state index contributed by atoms with van der Waals surface area (Å²) in [5.41, 5.74) is 0.738. The summed E-state index contributed by atoms with van der Waals surface area (Å²) >= 11 is 0. The minimum absolute atomic E-state index is 0.143. The Morgan fingerprint density at radius 1 is 1.50 bits per heavy atom.